The molecule has 0 aliphatic heterocycles. The van der Waals surface area contributed by atoms with E-state index in [1.54, 1.807) is 0 Å². The van der Waals surface area contributed by atoms with Gasteiger partial charge in [-0.25, -0.2) is 4.98 Å². The monoisotopic (exact) mass is 283 g/mol. The third kappa shape index (κ3) is 2.31. The Kier molecular flexibility index (Phi) is 2.96. The summed E-state index contributed by atoms with van der Waals surface area (Å²) in [5, 5.41) is 8.44. The van der Waals surface area contributed by atoms with Gasteiger partial charge in [0.1, 0.15) is 5.65 Å². The van der Waals surface area contributed by atoms with Gasteiger partial charge in [0.05, 0.1) is 6.54 Å². The molecule has 0 spiro atoms. The molecule has 0 aromatic carbocycles. The first-order chi connectivity index (χ1) is 10.3. The first kappa shape index (κ1) is 12.5. The van der Waals surface area contributed by atoms with Crippen LogP contribution in [0.25, 0.3) is 11.0 Å². The zero-order valence-electron chi connectivity index (χ0n) is 11.9. The van der Waals surface area contributed by atoms with Gasteiger partial charge < -0.3 is 14.4 Å². The molecule has 3 heterocycles. The zero-order chi connectivity index (χ0) is 14.2. The molecule has 0 radical (unpaired) electrons. The molecule has 3 aromatic rings. The summed E-state index contributed by atoms with van der Waals surface area (Å²) in [6.07, 6.45) is 6.26. The van der Waals surface area contributed by atoms with Gasteiger partial charge in [0.2, 0.25) is 5.89 Å². The second-order valence-corrected chi connectivity index (χ2v) is 5.51. The number of nitrogens with one attached hydrogen (secondary N) is 1. The number of nitrogens with zero attached hydrogens (tertiary/aromatic N) is 4. The molecular weight excluding hydrogens is 266 g/mol. The molecule has 0 unspecified atom stereocenters. The molecule has 0 bridgehead atoms. The quantitative estimate of drug-likeness (QED) is 0.776. The molecule has 6 heteroatoms. The van der Waals surface area contributed by atoms with Crippen LogP contribution in [0.15, 0.2) is 29.0 Å². The minimum atomic E-state index is 0.491. The number of aromatic nitrogens is 4. The molecule has 3 aromatic heterocycles. The van der Waals surface area contributed by atoms with Gasteiger partial charge in [-0.1, -0.05) is 5.16 Å². The molecule has 1 aliphatic rings. The standard InChI is InChI=1S/C15H17N5O/c1-16-7-11-8-20(14-12(11)3-2-6-17-14)9-13-18-15(21-19-13)10-4-5-10/h2-3,6,8,10,16H,4-5,7,9H2,1H3. The van der Waals surface area contributed by atoms with Crippen LogP contribution in [0.4, 0.5) is 0 Å². The van der Waals surface area contributed by atoms with Gasteiger partial charge in [0, 0.05) is 30.2 Å². The van der Waals surface area contributed by atoms with E-state index in [1.165, 1.54) is 18.4 Å². The van der Waals surface area contributed by atoms with E-state index in [-0.39, 0.29) is 0 Å². The smallest absolute Gasteiger partial charge is 0.229 e. The fourth-order valence-electron chi connectivity index (χ4n) is 2.63. The van der Waals surface area contributed by atoms with Crippen LogP contribution in [0.2, 0.25) is 0 Å². The fraction of sp³-hybridized carbons (Fsp3) is 0.400. The molecule has 1 N–H and O–H groups in total. The molecule has 4 rings (SSSR count). The average molecular weight is 283 g/mol. The Hall–Kier alpha value is -2.21. The maximum absolute atomic E-state index is 5.32. The van der Waals surface area contributed by atoms with Gasteiger partial charge in [-0.2, -0.15) is 4.98 Å². The summed E-state index contributed by atoms with van der Waals surface area (Å²) < 4.78 is 7.41. The van der Waals surface area contributed by atoms with Gasteiger partial charge in [0.15, 0.2) is 5.82 Å². The lowest BCUT2D eigenvalue weighted by atomic mass is 10.2. The summed E-state index contributed by atoms with van der Waals surface area (Å²) in [7, 11) is 1.95. The predicted molar refractivity (Wildman–Crippen MR) is 77.9 cm³/mol. The lowest BCUT2D eigenvalue weighted by Gasteiger charge is -1.99. The SMILES string of the molecule is CNCc1cn(Cc2noc(C3CC3)n2)c2ncccc12. The number of hydrogen-bond acceptors (Lipinski definition) is 5. The maximum Gasteiger partial charge on any atom is 0.229 e. The highest BCUT2D eigenvalue weighted by atomic mass is 16.5. The minimum Gasteiger partial charge on any atom is -0.339 e. The number of hydrogen-bond donors (Lipinski definition) is 1. The van der Waals surface area contributed by atoms with E-state index < -0.39 is 0 Å². The van der Waals surface area contributed by atoms with Crippen LogP contribution >= 0.6 is 0 Å². The van der Waals surface area contributed by atoms with Gasteiger partial charge in [-0.15, -0.1) is 0 Å². The normalized spacial score (nSPS) is 14.9. The van der Waals surface area contributed by atoms with Crippen molar-refractivity contribution in [1.82, 2.24) is 25.0 Å². The third-order valence-electron chi connectivity index (χ3n) is 3.81. The molecule has 0 amide bonds. The predicted octanol–water partition coefficient (Wildman–Crippen LogP) is 2.06. The van der Waals surface area contributed by atoms with E-state index in [0.717, 1.165) is 29.3 Å². The van der Waals surface area contributed by atoms with Crippen molar-refractivity contribution < 1.29 is 4.52 Å². The molecule has 0 atom stereocenters. The molecule has 1 saturated carbocycles. The van der Waals surface area contributed by atoms with Crippen LogP contribution in [-0.2, 0) is 13.1 Å². The lowest BCUT2D eigenvalue weighted by Crippen LogP contribution is -2.04. The Balaban J connectivity index is 1.68. The molecule has 21 heavy (non-hydrogen) atoms. The number of pyridine rings is 1. The van der Waals surface area contributed by atoms with E-state index in [2.05, 4.69) is 37.3 Å². The Morgan fingerprint density at radius 1 is 1.43 bits per heavy atom. The van der Waals surface area contributed by atoms with Gasteiger partial charge >= 0.3 is 0 Å². The topological polar surface area (TPSA) is 68.8 Å². The van der Waals surface area contributed by atoms with Crippen LogP contribution in [0, 0.1) is 0 Å². The zero-order valence-corrected chi connectivity index (χ0v) is 11.9. The van der Waals surface area contributed by atoms with Crippen LogP contribution < -0.4 is 5.32 Å². The molecule has 108 valence electrons. The molecule has 6 nitrogen and oxygen atoms in total. The Morgan fingerprint density at radius 3 is 3.14 bits per heavy atom. The second kappa shape index (κ2) is 4.96. The van der Waals surface area contributed by atoms with Gasteiger partial charge in [-0.05, 0) is 37.6 Å². The van der Waals surface area contributed by atoms with Crippen LogP contribution in [0.1, 0.15) is 36.0 Å². The van der Waals surface area contributed by atoms with E-state index in [1.807, 2.05) is 19.3 Å². The summed E-state index contributed by atoms with van der Waals surface area (Å²) in [6, 6.07) is 4.06. The van der Waals surface area contributed by atoms with E-state index in [4.69, 9.17) is 4.52 Å². The van der Waals surface area contributed by atoms with E-state index >= 15 is 0 Å². The Bertz CT molecular complexity index is 771. The minimum absolute atomic E-state index is 0.491. The van der Waals surface area contributed by atoms with E-state index in [0.29, 0.717) is 12.5 Å². The van der Waals surface area contributed by atoms with Crippen molar-refractivity contribution in [1.29, 1.82) is 0 Å². The summed E-state index contributed by atoms with van der Waals surface area (Å²) in [5.41, 5.74) is 2.19. The van der Waals surface area contributed by atoms with Crippen LogP contribution in [0.5, 0.6) is 0 Å². The lowest BCUT2D eigenvalue weighted by molar-refractivity contribution is 0.373. The Labute approximate surface area is 122 Å². The van der Waals surface area contributed by atoms with Gasteiger partial charge in [0.25, 0.3) is 0 Å². The molecule has 0 saturated heterocycles. The first-order valence-corrected chi connectivity index (χ1v) is 7.25. The summed E-state index contributed by atoms with van der Waals surface area (Å²) in [4.78, 5) is 8.97. The van der Waals surface area contributed by atoms with Crippen molar-refractivity contribution in [3.8, 4) is 0 Å². The molecular formula is C15H17N5O. The highest BCUT2D eigenvalue weighted by Gasteiger charge is 2.29. The van der Waals surface area contributed by atoms with Crippen LogP contribution in [-0.4, -0.2) is 26.7 Å². The summed E-state index contributed by atoms with van der Waals surface area (Å²) in [5.74, 6) is 1.99. The first-order valence-electron chi connectivity index (χ1n) is 7.25. The number of fused-ring (bicyclic) bond motifs is 1. The van der Waals surface area contributed by atoms with Crippen molar-refractivity contribution in [3.05, 3.63) is 41.8 Å². The fourth-order valence-corrected chi connectivity index (χ4v) is 2.63. The highest BCUT2D eigenvalue weighted by Crippen LogP contribution is 2.38. The number of rotatable bonds is 5. The van der Waals surface area contributed by atoms with Crippen molar-refractivity contribution in [3.63, 3.8) is 0 Å². The Morgan fingerprint density at radius 2 is 2.33 bits per heavy atom. The van der Waals surface area contributed by atoms with Crippen molar-refractivity contribution >= 4 is 11.0 Å². The molecule has 1 fully saturated rings. The third-order valence-corrected chi connectivity index (χ3v) is 3.81. The highest BCUT2D eigenvalue weighted by molar-refractivity contribution is 5.80. The molecule has 1 aliphatic carbocycles. The summed E-state index contributed by atoms with van der Waals surface area (Å²) in [6.45, 7) is 1.40. The summed E-state index contributed by atoms with van der Waals surface area (Å²) >= 11 is 0. The average Bonchev–Trinajstić information content (AvgIpc) is 3.17. The maximum atomic E-state index is 5.32. The van der Waals surface area contributed by atoms with Crippen molar-refractivity contribution in [2.45, 2.75) is 31.8 Å². The van der Waals surface area contributed by atoms with Gasteiger partial charge in [-0.3, -0.25) is 0 Å². The largest absolute Gasteiger partial charge is 0.339 e. The van der Waals surface area contributed by atoms with Crippen molar-refractivity contribution in [2.75, 3.05) is 7.05 Å². The van der Waals surface area contributed by atoms with E-state index in [9.17, 15) is 0 Å². The second-order valence-electron chi connectivity index (χ2n) is 5.51. The van der Waals surface area contributed by atoms with Crippen molar-refractivity contribution in [2.24, 2.45) is 0 Å². The van der Waals surface area contributed by atoms with Crippen LogP contribution in [0.3, 0.4) is 0 Å².